The molecule has 0 amide bonds. The second kappa shape index (κ2) is 6.85. The van der Waals surface area contributed by atoms with Crippen molar-refractivity contribution in [3.8, 4) is 11.5 Å². The lowest BCUT2D eigenvalue weighted by molar-refractivity contribution is -0.385. The van der Waals surface area contributed by atoms with Gasteiger partial charge in [-0.05, 0) is 42.8 Å². The molecule has 0 spiro atoms. The van der Waals surface area contributed by atoms with E-state index in [0.717, 1.165) is 24.2 Å². The Balaban J connectivity index is 2.25. The van der Waals surface area contributed by atoms with Crippen LogP contribution in [0.2, 0.25) is 0 Å². The largest absolute Gasteiger partial charge is 0.450 e. The second-order valence-electron chi connectivity index (χ2n) is 4.76. The molecule has 2 aromatic carbocycles. The van der Waals surface area contributed by atoms with Crippen LogP contribution in [-0.2, 0) is 6.54 Å². The zero-order chi connectivity index (χ0) is 15.2. The third kappa shape index (κ3) is 4.03. The van der Waals surface area contributed by atoms with Gasteiger partial charge in [0.25, 0.3) is 0 Å². The highest BCUT2D eigenvalue weighted by Gasteiger charge is 2.15. The predicted octanol–water partition coefficient (Wildman–Crippen LogP) is 3.81. The van der Waals surface area contributed by atoms with Crippen LogP contribution >= 0.6 is 0 Å². The maximum atomic E-state index is 11.0. The molecule has 0 saturated carbocycles. The third-order valence-corrected chi connectivity index (χ3v) is 3.02. The molecule has 0 atom stereocenters. The van der Waals surface area contributed by atoms with E-state index in [1.807, 2.05) is 32.0 Å². The van der Waals surface area contributed by atoms with E-state index in [9.17, 15) is 10.1 Å². The van der Waals surface area contributed by atoms with Gasteiger partial charge >= 0.3 is 5.69 Å². The lowest BCUT2D eigenvalue weighted by Gasteiger charge is -2.09. The van der Waals surface area contributed by atoms with E-state index in [2.05, 4.69) is 5.32 Å². The van der Waals surface area contributed by atoms with Crippen molar-refractivity contribution in [2.24, 2.45) is 0 Å². The Morgan fingerprint density at radius 3 is 2.76 bits per heavy atom. The van der Waals surface area contributed by atoms with Crippen LogP contribution in [0.15, 0.2) is 42.5 Å². The van der Waals surface area contributed by atoms with Crippen LogP contribution in [0.1, 0.15) is 18.1 Å². The summed E-state index contributed by atoms with van der Waals surface area (Å²) in [6.45, 7) is 5.53. The van der Waals surface area contributed by atoms with Crippen LogP contribution in [0.4, 0.5) is 5.69 Å². The van der Waals surface area contributed by atoms with Gasteiger partial charge in [0.2, 0.25) is 5.75 Å². The molecule has 110 valence electrons. The summed E-state index contributed by atoms with van der Waals surface area (Å²) in [7, 11) is 0. The first-order valence-electron chi connectivity index (χ1n) is 6.82. The van der Waals surface area contributed by atoms with Crippen LogP contribution in [0.25, 0.3) is 0 Å². The Morgan fingerprint density at radius 2 is 2.05 bits per heavy atom. The van der Waals surface area contributed by atoms with Gasteiger partial charge in [0.15, 0.2) is 0 Å². The van der Waals surface area contributed by atoms with Crippen LogP contribution in [0.5, 0.6) is 11.5 Å². The van der Waals surface area contributed by atoms with Crippen molar-refractivity contribution < 1.29 is 9.66 Å². The number of rotatable bonds is 6. The quantitative estimate of drug-likeness (QED) is 0.648. The number of nitrogens with one attached hydrogen (secondary N) is 1. The van der Waals surface area contributed by atoms with E-state index in [1.54, 1.807) is 18.2 Å². The van der Waals surface area contributed by atoms with Gasteiger partial charge in [-0.3, -0.25) is 10.1 Å². The van der Waals surface area contributed by atoms with Gasteiger partial charge < -0.3 is 10.1 Å². The molecule has 2 rings (SSSR count). The molecule has 0 fully saturated rings. The molecular weight excluding hydrogens is 268 g/mol. The van der Waals surface area contributed by atoms with Gasteiger partial charge in [0.1, 0.15) is 5.75 Å². The van der Waals surface area contributed by atoms with Crippen molar-refractivity contribution in [1.29, 1.82) is 0 Å². The fraction of sp³-hybridized carbons (Fsp3) is 0.250. The van der Waals surface area contributed by atoms with Gasteiger partial charge in [-0.25, -0.2) is 0 Å². The molecule has 0 bridgehead atoms. The molecule has 0 saturated heterocycles. The number of hydrogen-bond acceptors (Lipinski definition) is 4. The molecule has 0 aromatic heterocycles. The van der Waals surface area contributed by atoms with E-state index in [0.29, 0.717) is 5.75 Å². The number of nitrogens with zero attached hydrogens (tertiary/aromatic N) is 1. The minimum atomic E-state index is -0.433. The fourth-order valence-corrected chi connectivity index (χ4v) is 1.97. The Bertz CT molecular complexity index is 641. The van der Waals surface area contributed by atoms with Crippen LogP contribution in [-0.4, -0.2) is 11.5 Å². The van der Waals surface area contributed by atoms with Crippen molar-refractivity contribution in [2.75, 3.05) is 6.54 Å². The zero-order valence-corrected chi connectivity index (χ0v) is 12.1. The summed E-state index contributed by atoms with van der Waals surface area (Å²) in [5.74, 6) is 0.861. The summed E-state index contributed by atoms with van der Waals surface area (Å²) in [6.07, 6.45) is 0. The highest BCUT2D eigenvalue weighted by Crippen LogP contribution is 2.32. The smallest absolute Gasteiger partial charge is 0.311 e. The van der Waals surface area contributed by atoms with Crippen molar-refractivity contribution in [3.63, 3.8) is 0 Å². The minimum absolute atomic E-state index is 0.0299. The number of nitro groups is 1. The average molecular weight is 286 g/mol. The molecule has 2 aromatic rings. The van der Waals surface area contributed by atoms with Gasteiger partial charge in [0.05, 0.1) is 4.92 Å². The average Bonchev–Trinajstić information content (AvgIpc) is 2.45. The molecule has 1 N–H and O–H groups in total. The molecule has 0 heterocycles. The van der Waals surface area contributed by atoms with Crippen molar-refractivity contribution in [1.82, 2.24) is 5.32 Å². The van der Waals surface area contributed by atoms with Gasteiger partial charge in [-0.1, -0.05) is 25.1 Å². The van der Waals surface area contributed by atoms with Gasteiger partial charge in [0, 0.05) is 12.6 Å². The second-order valence-corrected chi connectivity index (χ2v) is 4.76. The van der Waals surface area contributed by atoms with E-state index >= 15 is 0 Å². The highest BCUT2D eigenvalue weighted by molar-refractivity contribution is 5.50. The summed E-state index contributed by atoms with van der Waals surface area (Å²) in [5.41, 5.74) is 1.96. The van der Waals surface area contributed by atoms with E-state index in [1.165, 1.54) is 6.07 Å². The maximum absolute atomic E-state index is 11.0. The number of nitro benzene ring substituents is 1. The third-order valence-electron chi connectivity index (χ3n) is 3.02. The van der Waals surface area contributed by atoms with Gasteiger partial charge in [-0.2, -0.15) is 0 Å². The van der Waals surface area contributed by atoms with E-state index in [4.69, 9.17) is 4.74 Å². The number of ether oxygens (including phenoxy) is 1. The molecule has 0 aliphatic rings. The topological polar surface area (TPSA) is 64.4 Å². The normalized spacial score (nSPS) is 10.4. The first kappa shape index (κ1) is 15.0. The standard InChI is InChI=1S/C16H18N2O3/c1-3-17-11-13-5-4-6-14(10-13)21-16-9-12(2)7-8-15(16)18(19)20/h4-10,17H,3,11H2,1-2H3. The lowest BCUT2D eigenvalue weighted by Crippen LogP contribution is -2.11. The number of aryl methyl sites for hydroxylation is 1. The summed E-state index contributed by atoms with van der Waals surface area (Å²) >= 11 is 0. The maximum Gasteiger partial charge on any atom is 0.311 e. The summed E-state index contributed by atoms with van der Waals surface area (Å²) in [6, 6.07) is 12.4. The van der Waals surface area contributed by atoms with Crippen molar-refractivity contribution >= 4 is 5.69 Å². The fourth-order valence-electron chi connectivity index (χ4n) is 1.97. The Labute approximate surface area is 123 Å². The highest BCUT2D eigenvalue weighted by atomic mass is 16.6. The summed E-state index contributed by atoms with van der Waals surface area (Å²) in [4.78, 5) is 10.6. The van der Waals surface area contributed by atoms with E-state index < -0.39 is 4.92 Å². The number of benzene rings is 2. The first-order valence-corrected chi connectivity index (χ1v) is 6.82. The van der Waals surface area contributed by atoms with Crippen LogP contribution in [0, 0.1) is 17.0 Å². The lowest BCUT2D eigenvalue weighted by atomic mass is 10.2. The molecular formula is C16H18N2O3. The van der Waals surface area contributed by atoms with E-state index in [-0.39, 0.29) is 11.4 Å². The molecule has 0 radical (unpaired) electrons. The van der Waals surface area contributed by atoms with Crippen molar-refractivity contribution in [2.45, 2.75) is 20.4 Å². The molecule has 5 heteroatoms. The molecule has 0 aliphatic heterocycles. The first-order chi connectivity index (χ1) is 10.1. The Hall–Kier alpha value is -2.40. The zero-order valence-electron chi connectivity index (χ0n) is 12.1. The molecule has 0 aliphatic carbocycles. The van der Waals surface area contributed by atoms with Crippen LogP contribution in [0.3, 0.4) is 0 Å². The van der Waals surface area contributed by atoms with Crippen LogP contribution < -0.4 is 10.1 Å². The SMILES string of the molecule is CCNCc1cccc(Oc2cc(C)ccc2[N+](=O)[O-])c1. The monoisotopic (exact) mass is 286 g/mol. The molecule has 5 nitrogen and oxygen atoms in total. The predicted molar refractivity (Wildman–Crippen MR) is 81.7 cm³/mol. The number of hydrogen-bond donors (Lipinski definition) is 1. The summed E-state index contributed by atoms with van der Waals surface area (Å²) in [5, 5.41) is 14.3. The van der Waals surface area contributed by atoms with Crippen molar-refractivity contribution in [3.05, 3.63) is 63.7 Å². The Kier molecular flexibility index (Phi) is 4.90. The minimum Gasteiger partial charge on any atom is -0.450 e. The van der Waals surface area contributed by atoms with Gasteiger partial charge in [-0.15, -0.1) is 0 Å². The Morgan fingerprint density at radius 1 is 1.24 bits per heavy atom. The molecule has 0 unspecified atom stereocenters. The molecule has 21 heavy (non-hydrogen) atoms. The summed E-state index contributed by atoms with van der Waals surface area (Å²) < 4.78 is 5.70.